The summed E-state index contributed by atoms with van der Waals surface area (Å²) in [5, 5.41) is 3.24. The molecule has 2 aromatic heterocycles. The van der Waals surface area contributed by atoms with Gasteiger partial charge in [-0.1, -0.05) is 38.1 Å². The molecule has 0 radical (unpaired) electrons. The summed E-state index contributed by atoms with van der Waals surface area (Å²) < 4.78 is 31.1. The molecule has 0 bridgehead atoms. The molecule has 0 spiro atoms. The first kappa shape index (κ1) is 28.9. The van der Waals surface area contributed by atoms with E-state index in [2.05, 4.69) is 10.3 Å². The van der Waals surface area contributed by atoms with Crippen molar-refractivity contribution in [2.24, 2.45) is 0 Å². The molecule has 0 aliphatic carbocycles. The molecule has 3 N–H and O–H groups in total. The number of nitrogens with zero attached hydrogens (tertiary/aromatic N) is 1. The van der Waals surface area contributed by atoms with Crippen LogP contribution in [0, 0.1) is 5.82 Å². The van der Waals surface area contributed by atoms with E-state index in [1.165, 1.54) is 23.5 Å². The Hall–Kier alpha value is -3.69. The first-order valence-corrected chi connectivity index (χ1v) is 13.3. The Morgan fingerprint density at radius 1 is 1.05 bits per heavy atom. The third-order valence-electron chi connectivity index (χ3n) is 5.01. The van der Waals surface area contributed by atoms with Crippen molar-refractivity contribution in [1.82, 2.24) is 10.3 Å². The zero-order valence-electron chi connectivity index (χ0n) is 22.3. The number of nitrogens with one attached hydrogen (secondary N) is 1. The SMILES string of the molecule is CC.CC(C)(C)OC(=O)OCCNCc1ccc(-c2cc3nccc(Oc4ccc(N)cc4F)c3s2)cc1. The highest BCUT2D eigenvalue weighted by Gasteiger charge is 2.17. The molecule has 0 amide bonds. The maximum absolute atomic E-state index is 14.2. The first-order chi connectivity index (χ1) is 18.2. The van der Waals surface area contributed by atoms with Gasteiger partial charge in [0.05, 0.1) is 10.2 Å². The van der Waals surface area contributed by atoms with Gasteiger partial charge in [-0.2, -0.15) is 0 Å². The Balaban J connectivity index is 0.00000195. The van der Waals surface area contributed by atoms with Crippen molar-refractivity contribution in [3.05, 3.63) is 72.2 Å². The number of aromatic nitrogens is 1. The van der Waals surface area contributed by atoms with Crippen LogP contribution in [0.1, 0.15) is 40.2 Å². The van der Waals surface area contributed by atoms with Gasteiger partial charge in [-0.3, -0.25) is 4.98 Å². The number of anilines is 1. The van der Waals surface area contributed by atoms with Crippen molar-refractivity contribution in [3.8, 4) is 21.9 Å². The van der Waals surface area contributed by atoms with Crippen molar-refractivity contribution in [2.45, 2.75) is 46.8 Å². The van der Waals surface area contributed by atoms with Gasteiger partial charge < -0.3 is 25.3 Å². The third-order valence-corrected chi connectivity index (χ3v) is 6.20. The van der Waals surface area contributed by atoms with E-state index in [-0.39, 0.29) is 12.4 Å². The predicted octanol–water partition coefficient (Wildman–Crippen LogP) is 7.54. The summed E-state index contributed by atoms with van der Waals surface area (Å²) in [6.45, 7) is 10.8. The van der Waals surface area contributed by atoms with Crippen LogP contribution in [0.2, 0.25) is 0 Å². The monoisotopic (exact) mass is 539 g/mol. The number of rotatable bonds is 8. The molecule has 9 heteroatoms. The molecule has 0 saturated carbocycles. The van der Waals surface area contributed by atoms with Crippen molar-refractivity contribution < 1.29 is 23.4 Å². The number of hydrogen-bond donors (Lipinski definition) is 2. The Bertz CT molecular complexity index is 1350. The van der Waals surface area contributed by atoms with E-state index < -0.39 is 17.6 Å². The van der Waals surface area contributed by atoms with Crippen LogP contribution in [0.25, 0.3) is 20.7 Å². The van der Waals surface area contributed by atoms with E-state index in [1.54, 1.807) is 39.1 Å². The number of thiophene rings is 1. The van der Waals surface area contributed by atoms with Crippen LogP contribution < -0.4 is 15.8 Å². The van der Waals surface area contributed by atoms with Crippen molar-refractivity contribution in [3.63, 3.8) is 0 Å². The minimum Gasteiger partial charge on any atom is -0.453 e. The average molecular weight is 540 g/mol. The van der Waals surface area contributed by atoms with Gasteiger partial charge >= 0.3 is 6.16 Å². The molecular formula is C29H34FN3O4S. The normalized spacial score (nSPS) is 11.0. The van der Waals surface area contributed by atoms with Crippen LogP contribution in [-0.2, 0) is 16.0 Å². The maximum atomic E-state index is 14.2. The van der Waals surface area contributed by atoms with Gasteiger partial charge in [-0.05, 0) is 50.1 Å². The lowest BCUT2D eigenvalue weighted by molar-refractivity contribution is -0.00661. The Morgan fingerprint density at radius 3 is 2.47 bits per heavy atom. The molecule has 0 unspecified atom stereocenters. The Kier molecular flexibility index (Phi) is 10.0. The Morgan fingerprint density at radius 2 is 1.79 bits per heavy atom. The largest absolute Gasteiger partial charge is 0.508 e. The molecule has 2 heterocycles. The fraction of sp³-hybridized carbons (Fsp3) is 0.310. The fourth-order valence-electron chi connectivity index (χ4n) is 3.36. The molecule has 4 rings (SSSR count). The molecule has 0 aliphatic heterocycles. The molecule has 202 valence electrons. The van der Waals surface area contributed by atoms with Gasteiger partial charge in [-0.15, -0.1) is 11.3 Å². The number of carbonyl (C=O) groups excluding carboxylic acids is 1. The van der Waals surface area contributed by atoms with Gasteiger partial charge in [0.2, 0.25) is 0 Å². The molecule has 4 aromatic rings. The average Bonchev–Trinajstić information content (AvgIpc) is 3.31. The number of nitrogens with two attached hydrogens (primary N) is 1. The smallest absolute Gasteiger partial charge is 0.453 e. The highest BCUT2D eigenvalue weighted by atomic mass is 32.1. The third kappa shape index (κ3) is 8.16. The standard InChI is InChI=1S/C27H28FN3O4S.C2H6/c1-27(2,3)35-26(32)33-13-12-30-16-17-4-6-18(7-5-17)24-15-21-25(36-24)23(10-11-31-21)34-22-9-8-19(29)14-20(22)28;1-2/h4-11,14-15,30H,12-13,16,29H2,1-3H3;1-2H3. The van der Waals surface area contributed by atoms with Gasteiger partial charge in [0, 0.05) is 42.0 Å². The van der Waals surface area contributed by atoms with Crippen LogP contribution in [0.5, 0.6) is 11.5 Å². The molecule has 7 nitrogen and oxygen atoms in total. The zero-order valence-corrected chi connectivity index (χ0v) is 23.2. The van der Waals surface area contributed by atoms with Gasteiger partial charge in [0.15, 0.2) is 11.6 Å². The first-order valence-electron chi connectivity index (χ1n) is 12.5. The van der Waals surface area contributed by atoms with E-state index in [1.807, 2.05) is 44.2 Å². The number of fused-ring (bicyclic) bond motifs is 1. The molecule has 0 atom stereocenters. The topological polar surface area (TPSA) is 95.7 Å². The van der Waals surface area contributed by atoms with Crippen molar-refractivity contribution in [2.75, 3.05) is 18.9 Å². The van der Waals surface area contributed by atoms with Gasteiger partial charge in [0.1, 0.15) is 18.0 Å². The summed E-state index contributed by atoms with van der Waals surface area (Å²) in [4.78, 5) is 17.0. The lowest BCUT2D eigenvalue weighted by atomic mass is 10.1. The molecule has 2 aromatic carbocycles. The zero-order chi connectivity index (χ0) is 27.7. The van der Waals surface area contributed by atoms with Gasteiger partial charge in [0.25, 0.3) is 0 Å². The fourth-order valence-corrected chi connectivity index (χ4v) is 4.43. The van der Waals surface area contributed by atoms with Crippen LogP contribution in [0.15, 0.2) is 60.8 Å². The highest BCUT2D eigenvalue weighted by molar-refractivity contribution is 7.22. The van der Waals surface area contributed by atoms with Crippen molar-refractivity contribution in [1.29, 1.82) is 0 Å². The lowest BCUT2D eigenvalue weighted by Crippen LogP contribution is -2.27. The maximum Gasteiger partial charge on any atom is 0.508 e. The second kappa shape index (κ2) is 13.2. The summed E-state index contributed by atoms with van der Waals surface area (Å²) in [6, 6.07) is 16.2. The lowest BCUT2D eigenvalue weighted by Gasteiger charge is -2.18. The van der Waals surface area contributed by atoms with E-state index >= 15 is 0 Å². The number of ether oxygens (including phenoxy) is 3. The van der Waals surface area contributed by atoms with Crippen LogP contribution in [0.3, 0.4) is 0 Å². The van der Waals surface area contributed by atoms with E-state index in [4.69, 9.17) is 19.9 Å². The summed E-state index contributed by atoms with van der Waals surface area (Å²) in [5.41, 5.74) is 8.31. The van der Waals surface area contributed by atoms with E-state index in [9.17, 15) is 9.18 Å². The molecule has 38 heavy (non-hydrogen) atoms. The number of nitrogen functional groups attached to an aromatic ring is 1. The summed E-state index contributed by atoms with van der Waals surface area (Å²) in [5.74, 6) is 0.131. The number of halogens is 1. The predicted molar refractivity (Wildman–Crippen MR) is 151 cm³/mol. The quantitative estimate of drug-likeness (QED) is 0.136. The molecule has 0 aliphatic rings. The summed E-state index contributed by atoms with van der Waals surface area (Å²) >= 11 is 1.53. The second-order valence-corrected chi connectivity index (χ2v) is 10.2. The molecular weight excluding hydrogens is 505 g/mol. The van der Waals surface area contributed by atoms with Crippen LogP contribution in [-0.4, -0.2) is 29.9 Å². The van der Waals surface area contributed by atoms with Crippen molar-refractivity contribution >= 4 is 33.4 Å². The number of carbonyl (C=O) groups is 1. The molecule has 0 saturated heterocycles. The molecule has 0 fully saturated rings. The summed E-state index contributed by atoms with van der Waals surface area (Å²) in [6.07, 6.45) is 0.976. The second-order valence-electron chi connectivity index (χ2n) is 9.11. The van der Waals surface area contributed by atoms with E-state index in [0.29, 0.717) is 24.5 Å². The van der Waals surface area contributed by atoms with E-state index in [0.717, 1.165) is 26.2 Å². The number of hydrogen-bond acceptors (Lipinski definition) is 8. The highest BCUT2D eigenvalue weighted by Crippen LogP contribution is 2.39. The van der Waals surface area contributed by atoms with Crippen LogP contribution >= 0.6 is 11.3 Å². The summed E-state index contributed by atoms with van der Waals surface area (Å²) in [7, 11) is 0. The van der Waals surface area contributed by atoms with Gasteiger partial charge in [-0.25, -0.2) is 9.18 Å². The Labute approximate surface area is 226 Å². The minimum atomic E-state index is -0.668. The minimum absolute atomic E-state index is 0.111. The van der Waals surface area contributed by atoms with Crippen LogP contribution in [0.4, 0.5) is 14.9 Å². The number of benzene rings is 2. The number of pyridine rings is 1.